The summed E-state index contributed by atoms with van der Waals surface area (Å²) in [6.45, 7) is 13.7. The van der Waals surface area contributed by atoms with Crippen LogP contribution in [0.4, 0.5) is 5.82 Å². The molecule has 0 bridgehead atoms. The molecule has 86 valence electrons. The van der Waals surface area contributed by atoms with Crippen molar-refractivity contribution in [1.82, 2.24) is 5.16 Å². The molecule has 0 unspecified atom stereocenters. The summed E-state index contributed by atoms with van der Waals surface area (Å²) in [5.41, 5.74) is 7.37. The van der Waals surface area contributed by atoms with Gasteiger partial charge in [-0.2, -0.15) is 0 Å². The molecule has 0 amide bonds. The van der Waals surface area contributed by atoms with Crippen molar-refractivity contribution in [3.05, 3.63) is 36.6 Å². The molecule has 1 heterocycles. The third-order valence-corrected chi connectivity index (χ3v) is 2.30. The number of rotatable bonds is 3. The summed E-state index contributed by atoms with van der Waals surface area (Å²) in [4.78, 5) is 0. The number of nitrogen functional groups attached to an aromatic ring is 1. The molecule has 0 saturated heterocycles. The lowest BCUT2D eigenvalue weighted by molar-refractivity contribution is 0.400. The molecule has 0 spiro atoms. The first kappa shape index (κ1) is 12.3. The quantitative estimate of drug-likeness (QED) is 0.790. The van der Waals surface area contributed by atoms with Gasteiger partial charge in [-0.25, -0.2) is 0 Å². The second kappa shape index (κ2) is 4.39. The van der Waals surface area contributed by atoms with E-state index in [-0.39, 0.29) is 5.41 Å². The fourth-order valence-corrected chi connectivity index (χ4v) is 1.49. The van der Waals surface area contributed by atoms with E-state index >= 15 is 0 Å². The van der Waals surface area contributed by atoms with Gasteiger partial charge >= 0.3 is 0 Å². The molecule has 0 aliphatic rings. The van der Waals surface area contributed by atoms with Gasteiger partial charge in [-0.05, 0) is 5.41 Å². The summed E-state index contributed by atoms with van der Waals surface area (Å²) in [6.07, 6.45) is 5.29. The van der Waals surface area contributed by atoms with Gasteiger partial charge in [0, 0.05) is 5.57 Å². The highest BCUT2D eigenvalue weighted by molar-refractivity contribution is 5.77. The maximum atomic E-state index is 5.70. The van der Waals surface area contributed by atoms with Gasteiger partial charge in [0.2, 0.25) is 0 Å². The third-order valence-electron chi connectivity index (χ3n) is 2.30. The van der Waals surface area contributed by atoms with E-state index in [4.69, 9.17) is 10.3 Å². The van der Waals surface area contributed by atoms with Crippen LogP contribution in [0, 0.1) is 5.41 Å². The van der Waals surface area contributed by atoms with Crippen LogP contribution in [0.1, 0.15) is 32.1 Å². The lowest BCUT2D eigenvalue weighted by Crippen LogP contribution is -2.08. The van der Waals surface area contributed by atoms with E-state index in [0.29, 0.717) is 11.6 Å². The first-order valence-electron chi connectivity index (χ1n) is 5.13. The molecule has 0 aliphatic heterocycles. The smallest absolute Gasteiger partial charge is 0.174 e. The van der Waals surface area contributed by atoms with E-state index < -0.39 is 0 Å². The fourth-order valence-electron chi connectivity index (χ4n) is 1.49. The molecule has 3 heteroatoms. The molecule has 0 saturated carbocycles. The highest BCUT2D eigenvalue weighted by Gasteiger charge is 2.24. The topological polar surface area (TPSA) is 52.0 Å². The molecule has 16 heavy (non-hydrogen) atoms. The van der Waals surface area contributed by atoms with Crippen LogP contribution in [0.5, 0.6) is 0 Å². The van der Waals surface area contributed by atoms with Gasteiger partial charge in [-0.3, -0.25) is 0 Å². The molecular weight excluding hydrogens is 200 g/mol. The minimum atomic E-state index is -0.0715. The Balaban J connectivity index is 3.39. The summed E-state index contributed by atoms with van der Waals surface area (Å²) in [5, 5.41) is 3.76. The van der Waals surface area contributed by atoms with Crippen LogP contribution >= 0.6 is 0 Å². The monoisotopic (exact) mass is 218 g/mol. The maximum absolute atomic E-state index is 5.70. The van der Waals surface area contributed by atoms with Crippen molar-refractivity contribution in [1.29, 1.82) is 0 Å². The van der Waals surface area contributed by atoms with E-state index in [2.05, 4.69) is 39.1 Å². The highest BCUT2D eigenvalue weighted by Crippen LogP contribution is 2.37. The Labute approximate surface area is 96.3 Å². The van der Waals surface area contributed by atoms with E-state index in [0.717, 1.165) is 11.1 Å². The van der Waals surface area contributed by atoms with Crippen molar-refractivity contribution < 1.29 is 4.52 Å². The number of nitrogens with zero attached hydrogens (tertiary/aromatic N) is 1. The zero-order valence-electron chi connectivity index (χ0n) is 10.1. The Morgan fingerprint density at radius 1 is 1.38 bits per heavy atom. The van der Waals surface area contributed by atoms with Gasteiger partial charge in [0.1, 0.15) is 0 Å². The van der Waals surface area contributed by atoms with Crippen molar-refractivity contribution in [3.8, 4) is 0 Å². The van der Waals surface area contributed by atoms with Crippen LogP contribution < -0.4 is 5.73 Å². The van der Waals surface area contributed by atoms with Gasteiger partial charge < -0.3 is 10.3 Å². The predicted octanol–water partition coefficient (Wildman–Crippen LogP) is 3.52. The summed E-state index contributed by atoms with van der Waals surface area (Å²) < 4.78 is 5.27. The summed E-state index contributed by atoms with van der Waals surface area (Å²) in [6, 6.07) is 0. The SMILES string of the molecule is C=C/C=C(\c1onc(N)c1C=C)C(C)(C)C. The standard InChI is InChI=1S/C13H18N2O/c1-6-8-10(13(3,4)5)11-9(7-2)12(14)15-16-11/h6-8H,1-2H2,3-5H3,(H2,14,15)/b10-8+. The number of anilines is 1. The Hall–Kier alpha value is -1.77. The zero-order chi connectivity index (χ0) is 12.3. The van der Waals surface area contributed by atoms with Crippen LogP contribution in [0.2, 0.25) is 0 Å². The predicted molar refractivity (Wildman–Crippen MR) is 68.6 cm³/mol. The van der Waals surface area contributed by atoms with Crippen molar-refractivity contribution >= 4 is 17.5 Å². The van der Waals surface area contributed by atoms with Crippen molar-refractivity contribution in [2.45, 2.75) is 20.8 Å². The number of allylic oxidation sites excluding steroid dienone is 3. The minimum Gasteiger partial charge on any atom is -0.380 e. The first-order chi connectivity index (χ1) is 7.41. The van der Waals surface area contributed by atoms with Crippen LogP contribution in [-0.2, 0) is 0 Å². The average Bonchev–Trinajstić information content (AvgIpc) is 2.54. The molecule has 0 aromatic carbocycles. The summed E-state index contributed by atoms with van der Waals surface area (Å²) in [5.74, 6) is 1.03. The largest absolute Gasteiger partial charge is 0.380 e. The molecule has 1 aromatic rings. The molecule has 0 aliphatic carbocycles. The van der Waals surface area contributed by atoms with Crippen LogP contribution in [0.3, 0.4) is 0 Å². The van der Waals surface area contributed by atoms with Gasteiger partial charge in [-0.15, -0.1) is 0 Å². The van der Waals surface area contributed by atoms with Crippen LogP contribution in [0.25, 0.3) is 11.6 Å². The number of hydrogen-bond acceptors (Lipinski definition) is 3. The van der Waals surface area contributed by atoms with E-state index in [1.165, 1.54) is 0 Å². The Morgan fingerprint density at radius 2 is 2.00 bits per heavy atom. The van der Waals surface area contributed by atoms with E-state index in [9.17, 15) is 0 Å². The zero-order valence-corrected chi connectivity index (χ0v) is 10.1. The fraction of sp³-hybridized carbons (Fsp3) is 0.308. The van der Waals surface area contributed by atoms with Gasteiger partial charge in [0.25, 0.3) is 0 Å². The molecule has 0 atom stereocenters. The molecule has 1 aromatic heterocycles. The van der Waals surface area contributed by atoms with Crippen molar-refractivity contribution in [2.75, 3.05) is 5.73 Å². The second-order valence-electron chi connectivity index (χ2n) is 4.58. The lowest BCUT2D eigenvalue weighted by Gasteiger charge is -2.21. The molecule has 1 rings (SSSR count). The van der Waals surface area contributed by atoms with Crippen LogP contribution in [-0.4, -0.2) is 5.16 Å². The summed E-state index contributed by atoms with van der Waals surface area (Å²) >= 11 is 0. The van der Waals surface area contributed by atoms with Gasteiger partial charge in [0.15, 0.2) is 11.6 Å². The Bertz CT molecular complexity index is 433. The number of hydrogen-bond donors (Lipinski definition) is 1. The molecule has 2 N–H and O–H groups in total. The number of nitrogens with two attached hydrogens (primary N) is 1. The van der Waals surface area contributed by atoms with Crippen molar-refractivity contribution in [3.63, 3.8) is 0 Å². The summed E-state index contributed by atoms with van der Waals surface area (Å²) in [7, 11) is 0. The number of aromatic nitrogens is 1. The normalized spacial score (nSPS) is 12.6. The van der Waals surface area contributed by atoms with E-state index in [1.54, 1.807) is 12.2 Å². The van der Waals surface area contributed by atoms with E-state index in [1.807, 2.05) is 6.08 Å². The highest BCUT2D eigenvalue weighted by atomic mass is 16.5. The molecule has 0 radical (unpaired) electrons. The van der Waals surface area contributed by atoms with Crippen molar-refractivity contribution in [2.24, 2.45) is 5.41 Å². The van der Waals surface area contributed by atoms with Gasteiger partial charge in [0.05, 0.1) is 5.56 Å². The second-order valence-corrected chi connectivity index (χ2v) is 4.58. The van der Waals surface area contributed by atoms with Crippen LogP contribution in [0.15, 0.2) is 29.8 Å². The minimum absolute atomic E-state index is 0.0715. The Morgan fingerprint density at radius 3 is 2.44 bits per heavy atom. The third kappa shape index (κ3) is 2.24. The molecular formula is C13H18N2O. The van der Waals surface area contributed by atoms with Gasteiger partial charge in [-0.1, -0.05) is 57.3 Å². The maximum Gasteiger partial charge on any atom is 0.174 e. The molecule has 3 nitrogen and oxygen atoms in total. The molecule has 0 fully saturated rings. The lowest BCUT2D eigenvalue weighted by atomic mass is 9.83. The first-order valence-corrected chi connectivity index (χ1v) is 5.13. The Kier molecular flexibility index (Phi) is 3.38. The average molecular weight is 218 g/mol.